The summed E-state index contributed by atoms with van der Waals surface area (Å²) >= 11 is 0. The van der Waals surface area contributed by atoms with Crippen LogP contribution >= 0.6 is 0 Å². The number of hydrogen-bond donors (Lipinski definition) is 0. The summed E-state index contributed by atoms with van der Waals surface area (Å²) in [5, 5.41) is 0. The molecule has 0 N–H and O–H groups in total. The molecule has 0 aliphatic heterocycles. The molecule has 2 nitrogen and oxygen atoms in total. The molecule has 0 amide bonds. The highest BCUT2D eigenvalue weighted by Gasteiger charge is 2.10. The molecule has 2 rings (SSSR count). The quantitative estimate of drug-likeness (QED) is 0.713. The fourth-order valence-corrected chi connectivity index (χ4v) is 1.73. The van der Waals surface area contributed by atoms with Gasteiger partial charge in [-0.3, -0.25) is 0 Å². The Kier molecular flexibility index (Phi) is 2.44. The second-order valence-electron chi connectivity index (χ2n) is 3.38. The number of benzene rings is 1. The minimum atomic E-state index is 0.900. The Morgan fingerprint density at radius 2 is 1.93 bits per heavy atom. The molecule has 14 heavy (non-hydrogen) atoms. The Labute approximate surface area is 84.2 Å². The van der Waals surface area contributed by atoms with Gasteiger partial charge in [-0.25, -0.2) is 0 Å². The largest absolute Gasteiger partial charge is 0.501 e. The molecule has 1 aromatic carbocycles. The second-order valence-corrected chi connectivity index (χ2v) is 3.38. The zero-order chi connectivity index (χ0) is 9.97. The van der Waals surface area contributed by atoms with Crippen LogP contribution in [-0.4, -0.2) is 14.2 Å². The lowest BCUT2D eigenvalue weighted by atomic mass is 9.96. The van der Waals surface area contributed by atoms with Crippen molar-refractivity contribution in [1.82, 2.24) is 0 Å². The Balaban J connectivity index is 2.39. The number of hydrogen-bond acceptors (Lipinski definition) is 2. The standard InChI is InChI=1S/C12H14O2/c1-13-11-5-3-9-4-6-12(14-2)8-10(9)7-11/h3,5,7-8H,4,6H2,1-2H3. The van der Waals surface area contributed by atoms with E-state index in [-0.39, 0.29) is 0 Å². The van der Waals surface area contributed by atoms with Gasteiger partial charge in [0.1, 0.15) is 5.75 Å². The summed E-state index contributed by atoms with van der Waals surface area (Å²) in [5.41, 5.74) is 2.58. The first-order valence-corrected chi connectivity index (χ1v) is 4.75. The van der Waals surface area contributed by atoms with Crippen LogP contribution in [-0.2, 0) is 11.2 Å². The van der Waals surface area contributed by atoms with Crippen LogP contribution in [0.4, 0.5) is 0 Å². The highest BCUT2D eigenvalue weighted by Crippen LogP contribution is 2.27. The van der Waals surface area contributed by atoms with E-state index in [0.717, 1.165) is 24.4 Å². The molecule has 74 valence electrons. The van der Waals surface area contributed by atoms with E-state index in [1.54, 1.807) is 14.2 Å². The van der Waals surface area contributed by atoms with Gasteiger partial charge in [-0.1, -0.05) is 6.07 Å². The Hall–Kier alpha value is -1.44. The fraction of sp³-hybridized carbons (Fsp3) is 0.333. The average Bonchev–Trinajstić information content (AvgIpc) is 2.27. The van der Waals surface area contributed by atoms with Crippen molar-refractivity contribution in [2.45, 2.75) is 12.8 Å². The lowest BCUT2D eigenvalue weighted by molar-refractivity contribution is 0.280. The molecule has 2 heteroatoms. The van der Waals surface area contributed by atoms with E-state index in [2.05, 4.69) is 12.1 Å². The van der Waals surface area contributed by atoms with Crippen LogP contribution < -0.4 is 4.74 Å². The maximum absolute atomic E-state index is 5.24. The van der Waals surface area contributed by atoms with Gasteiger partial charge in [0.05, 0.1) is 20.0 Å². The van der Waals surface area contributed by atoms with Gasteiger partial charge < -0.3 is 9.47 Å². The SMILES string of the molecule is COC1=Cc2cc(OC)ccc2CC1. The molecule has 0 atom stereocenters. The maximum Gasteiger partial charge on any atom is 0.119 e. The van der Waals surface area contributed by atoms with E-state index < -0.39 is 0 Å². The molecule has 0 aromatic heterocycles. The van der Waals surface area contributed by atoms with Crippen LogP contribution in [0.2, 0.25) is 0 Å². The fourth-order valence-electron chi connectivity index (χ4n) is 1.73. The second kappa shape index (κ2) is 3.74. The monoisotopic (exact) mass is 190 g/mol. The van der Waals surface area contributed by atoms with Gasteiger partial charge in [-0.2, -0.15) is 0 Å². The van der Waals surface area contributed by atoms with E-state index in [1.807, 2.05) is 12.1 Å². The van der Waals surface area contributed by atoms with Crippen LogP contribution in [0, 0.1) is 0 Å². The summed E-state index contributed by atoms with van der Waals surface area (Å²) in [4.78, 5) is 0. The van der Waals surface area contributed by atoms with Crippen molar-refractivity contribution in [1.29, 1.82) is 0 Å². The van der Waals surface area contributed by atoms with Gasteiger partial charge >= 0.3 is 0 Å². The molecule has 0 unspecified atom stereocenters. The zero-order valence-corrected chi connectivity index (χ0v) is 8.54. The van der Waals surface area contributed by atoms with Gasteiger partial charge in [0, 0.05) is 6.42 Å². The van der Waals surface area contributed by atoms with Crippen molar-refractivity contribution < 1.29 is 9.47 Å². The number of methoxy groups -OCH3 is 2. The molecule has 0 spiro atoms. The number of allylic oxidation sites excluding steroid dienone is 1. The highest BCUT2D eigenvalue weighted by atomic mass is 16.5. The molecular weight excluding hydrogens is 176 g/mol. The topological polar surface area (TPSA) is 18.5 Å². The molecular formula is C12H14O2. The first-order chi connectivity index (χ1) is 6.83. The van der Waals surface area contributed by atoms with E-state index in [4.69, 9.17) is 9.47 Å². The summed E-state index contributed by atoms with van der Waals surface area (Å²) in [6, 6.07) is 6.18. The lowest BCUT2D eigenvalue weighted by Gasteiger charge is -2.16. The van der Waals surface area contributed by atoms with Crippen LogP contribution in [0.1, 0.15) is 17.5 Å². The van der Waals surface area contributed by atoms with Crippen molar-refractivity contribution in [3.05, 3.63) is 35.1 Å². The summed E-state index contributed by atoms with van der Waals surface area (Å²) in [6.45, 7) is 0. The van der Waals surface area contributed by atoms with Crippen LogP contribution in [0.25, 0.3) is 6.08 Å². The van der Waals surface area contributed by atoms with E-state index in [9.17, 15) is 0 Å². The van der Waals surface area contributed by atoms with Gasteiger partial charge in [0.15, 0.2) is 0 Å². The van der Waals surface area contributed by atoms with Crippen LogP contribution in [0.5, 0.6) is 5.75 Å². The van der Waals surface area contributed by atoms with Gasteiger partial charge in [0.25, 0.3) is 0 Å². The first kappa shape index (κ1) is 9.13. The smallest absolute Gasteiger partial charge is 0.119 e. The van der Waals surface area contributed by atoms with Crippen LogP contribution in [0.3, 0.4) is 0 Å². The summed E-state index contributed by atoms with van der Waals surface area (Å²) in [5.74, 6) is 1.95. The summed E-state index contributed by atoms with van der Waals surface area (Å²) < 4.78 is 10.4. The molecule has 1 aromatic rings. The molecule has 0 saturated heterocycles. The van der Waals surface area contributed by atoms with Gasteiger partial charge in [-0.05, 0) is 35.8 Å². The van der Waals surface area contributed by atoms with E-state index >= 15 is 0 Å². The predicted octanol–water partition coefficient (Wildman–Crippen LogP) is 2.63. The Morgan fingerprint density at radius 3 is 2.64 bits per heavy atom. The molecule has 0 fully saturated rings. The summed E-state index contributed by atoms with van der Waals surface area (Å²) in [6.07, 6.45) is 4.14. The van der Waals surface area contributed by atoms with Crippen LogP contribution in [0.15, 0.2) is 24.0 Å². The number of fused-ring (bicyclic) bond motifs is 1. The normalized spacial score (nSPS) is 14.3. The number of aryl methyl sites for hydroxylation is 1. The molecule has 0 heterocycles. The van der Waals surface area contributed by atoms with Crippen molar-refractivity contribution in [3.63, 3.8) is 0 Å². The van der Waals surface area contributed by atoms with E-state index in [1.165, 1.54) is 11.1 Å². The Morgan fingerprint density at radius 1 is 1.07 bits per heavy atom. The van der Waals surface area contributed by atoms with Crippen molar-refractivity contribution in [2.24, 2.45) is 0 Å². The molecule has 0 radical (unpaired) electrons. The third-order valence-electron chi connectivity index (χ3n) is 2.57. The lowest BCUT2D eigenvalue weighted by Crippen LogP contribution is -2.00. The summed E-state index contributed by atoms with van der Waals surface area (Å²) in [7, 11) is 3.41. The predicted molar refractivity (Wildman–Crippen MR) is 56.3 cm³/mol. The minimum absolute atomic E-state index is 0.900. The third-order valence-corrected chi connectivity index (χ3v) is 2.57. The molecule has 0 bridgehead atoms. The molecule has 1 aliphatic carbocycles. The van der Waals surface area contributed by atoms with Crippen molar-refractivity contribution in [3.8, 4) is 5.75 Å². The number of ether oxygens (including phenoxy) is 2. The van der Waals surface area contributed by atoms with Gasteiger partial charge in [0.2, 0.25) is 0 Å². The highest BCUT2D eigenvalue weighted by molar-refractivity contribution is 5.60. The third kappa shape index (κ3) is 1.60. The first-order valence-electron chi connectivity index (χ1n) is 4.75. The zero-order valence-electron chi connectivity index (χ0n) is 8.54. The van der Waals surface area contributed by atoms with Crippen molar-refractivity contribution >= 4 is 6.08 Å². The average molecular weight is 190 g/mol. The van der Waals surface area contributed by atoms with E-state index in [0.29, 0.717) is 0 Å². The van der Waals surface area contributed by atoms with Crippen molar-refractivity contribution in [2.75, 3.05) is 14.2 Å². The maximum atomic E-state index is 5.24. The van der Waals surface area contributed by atoms with Gasteiger partial charge in [-0.15, -0.1) is 0 Å². The molecule has 0 saturated carbocycles. The molecule has 1 aliphatic rings. The Bertz CT molecular complexity index is 367. The minimum Gasteiger partial charge on any atom is -0.501 e. The number of rotatable bonds is 2.